The monoisotopic (exact) mass is 334 g/mol. The molecular weight excluding hydrogens is 316 g/mol. The van der Waals surface area contributed by atoms with Gasteiger partial charge in [-0.15, -0.1) is 11.8 Å². The van der Waals surface area contributed by atoms with Crippen molar-refractivity contribution in [1.29, 1.82) is 0 Å². The summed E-state index contributed by atoms with van der Waals surface area (Å²) in [6.45, 7) is 0.342. The number of thioether (sulfide) groups is 1. The minimum atomic E-state index is -0.973. The SMILES string of the molecule is O=C(O)C1CCCCN1C(=O)CN1C(=O)CSc2ccccc21. The number of nitrogens with zero attached hydrogens (tertiary/aromatic N) is 2. The van der Waals surface area contributed by atoms with Crippen LogP contribution in [0.15, 0.2) is 29.2 Å². The Balaban J connectivity index is 1.79. The number of carboxylic acids is 1. The number of benzene rings is 1. The number of carbonyl (C=O) groups excluding carboxylic acids is 2. The molecule has 3 rings (SSSR count). The predicted octanol–water partition coefficient (Wildman–Crippen LogP) is 1.59. The number of rotatable bonds is 3. The summed E-state index contributed by atoms with van der Waals surface area (Å²) >= 11 is 1.46. The Hall–Kier alpha value is -2.02. The second-order valence-corrected chi connectivity index (χ2v) is 6.69. The molecule has 2 heterocycles. The molecule has 2 aliphatic heterocycles. The van der Waals surface area contributed by atoms with E-state index in [1.54, 1.807) is 0 Å². The standard InChI is InChI=1S/C16H18N2O4S/c19-14(17-8-4-3-6-12(17)16(21)22)9-18-11-5-1-2-7-13(11)23-10-15(18)20/h1-2,5,7,12H,3-4,6,8-10H2,(H,21,22). The molecule has 7 heteroatoms. The molecule has 2 amide bonds. The van der Waals surface area contributed by atoms with Gasteiger partial charge in [-0.1, -0.05) is 12.1 Å². The molecule has 0 spiro atoms. The second-order valence-electron chi connectivity index (χ2n) is 5.67. The van der Waals surface area contributed by atoms with Crippen molar-refractivity contribution in [3.05, 3.63) is 24.3 Å². The van der Waals surface area contributed by atoms with Gasteiger partial charge in [0, 0.05) is 11.4 Å². The van der Waals surface area contributed by atoms with Crippen LogP contribution in [0.4, 0.5) is 5.69 Å². The number of anilines is 1. The molecule has 1 aromatic rings. The van der Waals surface area contributed by atoms with Crippen LogP contribution < -0.4 is 4.90 Å². The van der Waals surface area contributed by atoms with Crippen LogP contribution in [0.1, 0.15) is 19.3 Å². The van der Waals surface area contributed by atoms with E-state index in [-0.39, 0.29) is 18.4 Å². The maximum atomic E-state index is 12.6. The Labute approximate surface area is 138 Å². The summed E-state index contributed by atoms with van der Waals surface area (Å²) in [4.78, 5) is 40.0. The molecule has 0 bridgehead atoms. The number of fused-ring (bicyclic) bond motifs is 1. The van der Waals surface area contributed by atoms with Crippen LogP contribution in [0.3, 0.4) is 0 Å². The Bertz CT molecular complexity index is 649. The lowest BCUT2D eigenvalue weighted by molar-refractivity contribution is -0.151. The molecule has 122 valence electrons. The fourth-order valence-corrected chi connectivity index (χ4v) is 3.98. The van der Waals surface area contributed by atoms with Crippen molar-refractivity contribution in [3.63, 3.8) is 0 Å². The third-order valence-electron chi connectivity index (χ3n) is 4.21. The number of aliphatic carboxylic acids is 1. The first-order chi connectivity index (χ1) is 11.1. The highest BCUT2D eigenvalue weighted by Crippen LogP contribution is 2.35. The first-order valence-electron chi connectivity index (χ1n) is 7.62. The van der Waals surface area contributed by atoms with Crippen molar-refractivity contribution in [2.45, 2.75) is 30.2 Å². The van der Waals surface area contributed by atoms with Gasteiger partial charge in [0.25, 0.3) is 0 Å². The molecule has 23 heavy (non-hydrogen) atoms. The van der Waals surface area contributed by atoms with Gasteiger partial charge in [0.1, 0.15) is 12.6 Å². The van der Waals surface area contributed by atoms with Crippen LogP contribution in [0.2, 0.25) is 0 Å². The third-order valence-corrected chi connectivity index (χ3v) is 5.26. The maximum Gasteiger partial charge on any atom is 0.326 e. The number of hydrogen-bond acceptors (Lipinski definition) is 4. The van der Waals surface area contributed by atoms with Crippen LogP contribution in [0.5, 0.6) is 0 Å². The smallest absolute Gasteiger partial charge is 0.326 e. The highest BCUT2D eigenvalue weighted by atomic mass is 32.2. The van der Waals surface area contributed by atoms with Gasteiger partial charge in [0.05, 0.1) is 11.4 Å². The normalized spacial score (nSPS) is 21.0. The minimum absolute atomic E-state index is 0.0970. The largest absolute Gasteiger partial charge is 0.480 e. The molecule has 0 aromatic heterocycles. The van der Waals surface area contributed by atoms with E-state index in [9.17, 15) is 19.5 Å². The molecule has 1 N–H and O–H groups in total. The van der Waals surface area contributed by atoms with Gasteiger partial charge in [-0.25, -0.2) is 4.79 Å². The zero-order valence-electron chi connectivity index (χ0n) is 12.6. The van der Waals surface area contributed by atoms with E-state index >= 15 is 0 Å². The molecular formula is C16H18N2O4S. The molecule has 1 fully saturated rings. The highest BCUT2D eigenvalue weighted by Gasteiger charge is 2.34. The average molecular weight is 334 g/mol. The van der Waals surface area contributed by atoms with Gasteiger partial charge < -0.3 is 14.9 Å². The molecule has 2 aliphatic rings. The van der Waals surface area contributed by atoms with E-state index in [1.165, 1.54) is 21.6 Å². The van der Waals surface area contributed by atoms with E-state index in [2.05, 4.69) is 0 Å². The molecule has 0 radical (unpaired) electrons. The summed E-state index contributed by atoms with van der Waals surface area (Å²) in [5.74, 6) is -1.09. The Morgan fingerprint density at radius 1 is 1.26 bits per heavy atom. The number of likely N-dealkylation sites (tertiary alicyclic amines) is 1. The second kappa shape index (κ2) is 6.62. The number of para-hydroxylation sites is 1. The summed E-state index contributed by atoms with van der Waals surface area (Å²) in [5.41, 5.74) is 0.728. The van der Waals surface area contributed by atoms with Crippen molar-refractivity contribution in [3.8, 4) is 0 Å². The summed E-state index contributed by atoms with van der Waals surface area (Å²) in [5, 5.41) is 9.30. The van der Waals surface area contributed by atoms with Gasteiger partial charge >= 0.3 is 5.97 Å². The molecule has 1 aromatic carbocycles. The number of piperidine rings is 1. The van der Waals surface area contributed by atoms with E-state index < -0.39 is 12.0 Å². The van der Waals surface area contributed by atoms with Crippen molar-refractivity contribution < 1.29 is 19.5 Å². The number of carboxylic acid groups (broad SMARTS) is 1. The van der Waals surface area contributed by atoms with Crippen molar-refractivity contribution >= 4 is 35.2 Å². The summed E-state index contributed by atoms with van der Waals surface area (Å²) in [6, 6.07) is 6.69. The van der Waals surface area contributed by atoms with Gasteiger partial charge in [-0.05, 0) is 31.4 Å². The van der Waals surface area contributed by atoms with Gasteiger partial charge in [-0.3, -0.25) is 9.59 Å². The van der Waals surface area contributed by atoms with Gasteiger partial charge in [0.2, 0.25) is 11.8 Å². The molecule has 0 aliphatic carbocycles. The van der Waals surface area contributed by atoms with Gasteiger partial charge in [-0.2, -0.15) is 0 Å². The van der Waals surface area contributed by atoms with E-state index in [0.29, 0.717) is 18.7 Å². The first-order valence-corrected chi connectivity index (χ1v) is 8.61. The molecule has 1 atom stereocenters. The van der Waals surface area contributed by atoms with Gasteiger partial charge in [0.15, 0.2) is 0 Å². The van der Waals surface area contributed by atoms with E-state index in [4.69, 9.17) is 0 Å². The Kier molecular flexibility index (Phi) is 4.56. The summed E-state index contributed by atoms with van der Waals surface area (Å²) in [7, 11) is 0. The number of carbonyl (C=O) groups is 3. The number of hydrogen-bond donors (Lipinski definition) is 1. The lowest BCUT2D eigenvalue weighted by atomic mass is 10.0. The number of amides is 2. The van der Waals surface area contributed by atoms with E-state index in [1.807, 2.05) is 24.3 Å². The fraction of sp³-hybridized carbons (Fsp3) is 0.438. The topological polar surface area (TPSA) is 77.9 Å². The van der Waals surface area contributed by atoms with E-state index in [0.717, 1.165) is 23.4 Å². The average Bonchev–Trinajstić information content (AvgIpc) is 2.57. The van der Waals surface area contributed by atoms with Crippen molar-refractivity contribution in [1.82, 2.24) is 4.90 Å². The Morgan fingerprint density at radius 3 is 2.83 bits per heavy atom. The minimum Gasteiger partial charge on any atom is -0.480 e. The summed E-state index contributed by atoms with van der Waals surface area (Å²) in [6.07, 6.45) is 2.08. The van der Waals surface area contributed by atoms with Crippen LogP contribution in [0, 0.1) is 0 Å². The molecule has 0 saturated carbocycles. The molecule has 6 nitrogen and oxygen atoms in total. The lowest BCUT2D eigenvalue weighted by Crippen LogP contribution is -2.52. The zero-order valence-corrected chi connectivity index (χ0v) is 13.4. The Morgan fingerprint density at radius 2 is 2.04 bits per heavy atom. The summed E-state index contributed by atoms with van der Waals surface area (Å²) < 4.78 is 0. The van der Waals surface area contributed by atoms with Crippen LogP contribution in [-0.2, 0) is 14.4 Å². The first kappa shape index (κ1) is 15.9. The predicted molar refractivity (Wildman–Crippen MR) is 86.5 cm³/mol. The molecule has 1 saturated heterocycles. The fourth-order valence-electron chi connectivity index (χ4n) is 3.04. The quantitative estimate of drug-likeness (QED) is 0.908. The highest BCUT2D eigenvalue weighted by molar-refractivity contribution is 8.00. The maximum absolute atomic E-state index is 12.6. The van der Waals surface area contributed by atoms with Crippen molar-refractivity contribution in [2.75, 3.05) is 23.7 Å². The van der Waals surface area contributed by atoms with Crippen LogP contribution in [-0.4, -0.2) is 52.7 Å². The van der Waals surface area contributed by atoms with Crippen molar-refractivity contribution in [2.24, 2.45) is 0 Å². The van der Waals surface area contributed by atoms with Crippen LogP contribution >= 0.6 is 11.8 Å². The third kappa shape index (κ3) is 3.19. The zero-order chi connectivity index (χ0) is 16.4. The van der Waals surface area contributed by atoms with Crippen LogP contribution in [0.25, 0.3) is 0 Å². The lowest BCUT2D eigenvalue weighted by Gasteiger charge is -2.35. The molecule has 1 unspecified atom stereocenters.